The fourth-order valence-electron chi connectivity index (χ4n) is 3.23. The molecule has 0 fully saturated rings. The molecule has 0 atom stereocenters. The van der Waals surface area contributed by atoms with Crippen molar-refractivity contribution in [3.05, 3.63) is 88.9 Å². The summed E-state index contributed by atoms with van der Waals surface area (Å²) >= 11 is 0. The van der Waals surface area contributed by atoms with Gasteiger partial charge in [-0.1, -0.05) is 24.3 Å². The van der Waals surface area contributed by atoms with Gasteiger partial charge in [-0.25, -0.2) is 0 Å². The van der Waals surface area contributed by atoms with Crippen molar-refractivity contribution in [2.45, 2.75) is 26.9 Å². The van der Waals surface area contributed by atoms with Gasteiger partial charge in [-0.05, 0) is 54.8 Å². The number of hydrogen-bond acceptors (Lipinski definition) is 2. The van der Waals surface area contributed by atoms with Crippen LogP contribution in [0.2, 0.25) is 0 Å². The highest BCUT2D eigenvalue weighted by Crippen LogP contribution is 2.22. The number of benzene rings is 2. The molecule has 2 aromatic heterocycles. The Balaban J connectivity index is 1.40. The quantitative estimate of drug-likeness (QED) is 0.567. The minimum atomic E-state index is -0.0595. The van der Waals surface area contributed by atoms with Gasteiger partial charge in [-0.3, -0.25) is 9.48 Å². The standard InChI is InChI=1S/C22H22N4O/c1-15-16(2)25-21-9-8-19(12-20(15)21)22(27)23-13-17-4-6-18(7-5-17)14-26-11-3-10-24-26/h3-12,25H,13-14H2,1-2H3,(H,23,27). The predicted octanol–water partition coefficient (Wildman–Crippen LogP) is 3.96. The first-order valence-corrected chi connectivity index (χ1v) is 9.02. The molecule has 0 unspecified atom stereocenters. The van der Waals surface area contributed by atoms with E-state index in [-0.39, 0.29) is 5.91 Å². The molecule has 27 heavy (non-hydrogen) atoms. The number of aryl methyl sites for hydroxylation is 2. The normalized spacial score (nSPS) is 11.0. The Morgan fingerprint density at radius 2 is 1.89 bits per heavy atom. The molecule has 0 saturated carbocycles. The maximum Gasteiger partial charge on any atom is 0.251 e. The minimum Gasteiger partial charge on any atom is -0.358 e. The van der Waals surface area contributed by atoms with E-state index in [9.17, 15) is 4.79 Å². The fraction of sp³-hybridized carbons (Fsp3) is 0.182. The van der Waals surface area contributed by atoms with Gasteiger partial charge in [0.25, 0.3) is 5.91 Å². The zero-order valence-corrected chi connectivity index (χ0v) is 15.5. The van der Waals surface area contributed by atoms with Crippen LogP contribution in [-0.4, -0.2) is 20.7 Å². The third kappa shape index (κ3) is 3.62. The zero-order chi connectivity index (χ0) is 18.8. The van der Waals surface area contributed by atoms with Gasteiger partial charge in [0.05, 0.1) is 6.54 Å². The lowest BCUT2D eigenvalue weighted by atomic mass is 10.1. The molecule has 2 N–H and O–H groups in total. The largest absolute Gasteiger partial charge is 0.358 e. The molecule has 0 spiro atoms. The number of rotatable bonds is 5. The van der Waals surface area contributed by atoms with Crippen LogP contribution in [-0.2, 0) is 13.1 Å². The van der Waals surface area contributed by atoms with E-state index < -0.39 is 0 Å². The number of hydrogen-bond donors (Lipinski definition) is 2. The number of H-pyrrole nitrogens is 1. The average Bonchev–Trinajstić information content (AvgIpc) is 3.29. The summed E-state index contributed by atoms with van der Waals surface area (Å²) < 4.78 is 1.89. The highest BCUT2D eigenvalue weighted by molar-refractivity contribution is 5.99. The molecule has 0 aliphatic heterocycles. The van der Waals surface area contributed by atoms with Crippen LogP contribution in [0, 0.1) is 13.8 Å². The van der Waals surface area contributed by atoms with Crippen LogP contribution in [0.4, 0.5) is 0 Å². The van der Waals surface area contributed by atoms with Crippen molar-refractivity contribution in [2.24, 2.45) is 0 Å². The first-order valence-electron chi connectivity index (χ1n) is 9.02. The lowest BCUT2D eigenvalue weighted by Gasteiger charge is -2.07. The lowest BCUT2D eigenvalue weighted by molar-refractivity contribution is 0.0951. The van der Waals surface area contributed by atoms with Gasteiger partial charge in [0.2, 0.25) is 0 Å². The van der Waals surface area contributed by atoms with Crippen LogP contribution in [0.25, 0.3) is 10.9 Å². The van der Waals surface area contributed by atoms with E-state index in [2.05, 4.69) is 34.5 Å². The van der Waals surface area contributed by atoms with Crippen molar-refractivity contribution < 1.29 is 4.79 Å². The third-order valence-corrected chi connectivity index (χ3v) is 4.95. The number of amides is 1. The average molecular weight is 358 g/mol. The second-order valence-electron chi connectivity index (χ2n) is 6.84. The van der Waals surface area contributed by atoms with Gasteiger partial charge >= 0.3 is 0 Å². The molecule has 0 bridgehead atoms. The Bertz CT molecular complexity index is 1080. The molecular formula is C22H22N4O. The lowest BCUT2D eigenvalue weighted by Crippen LogP contribution is -2.22. The molecule has 0 saturated heterocycles. The summed E-state index contributed by atoms with van der Waals surface area (Å²) in [4.78, 5) is 15.9. The Kier molecular flexibility index (Phi) is 4.50. The van der Waals surface area contributed by atoms with Gasteiger partial charge in [-0.2, -0.15) is 5.10 Å². The van der Waals surface area contributed by atoms with Gasteiger partial charge < -0.3 is 10.3 Å². The molecule has 0 aliphatic carbocycles. The topological polar surface area (TPSA) is 62.7 Å². The van der Waals surface area contributed by atoms with Crippen molar-refractivity contribution >= 4 is 16.8 Å². The fourth-order valence-corrected chi connectivity index (χ4v) is 3.23. The molecule has 2 aromatic carbocycles. The molecule has 5 heteroatoms. The molecular weight excluding hydrogens is 336 g/mol. The van der Waals surface area contributed by atoms with Crippen molar-refractivity contribution in [3.63, 3.8) is 0 Å². The summed E-state index contributed by atoms with van der Waals surface area (Å²) in [6.07, 6.45) is 3.72. The Labute approximate surface area is 158 Å². The Morgan fingerprint density at radius 1 is 1.11 bits per heavy atom. The van der Waals surface area contributed by atoms with Gasteiger partial charge in [0, 0.05) is 41.1 Å². The SMILES string of the molecule is Cc1[nH]c2ccc(C(=O)NCc3ccc(Cn4cccn4)cc3)cc2c1C. The van der Waals surface area contributed by atoms with E-state index in [1.807, 2.05) is 54.2 Å². The van der Waals surface area contributed by atoms with Crippen LogP contribution >= 0.6 is 0 Å². The first-order chi connectivity index (χ1) is 13.1. The summed E-state index contributed by atoms with van der Waals surface area (Å²) in [5.41, 5.74) is 6.32. The van der Waals surface area contributed by atoms with Gasteiger partial charge in [0.1, 0.15) is 0 Å². The van der Waals surface area contributed by atoms with E-state index in [1.165, 1.54) is 11.1 Å². The third-order valence-electron chi connectivity index (χ3n) is 4.95. The van der Waals surface area contributed by atoms with Crippen LogP contribution in [0.1, 0.15) is 32.7 Å². The monoisotopic (exact) mass is 358 g/mol. The number of aromatic amines is 1. The van der Waals surface area contributed by atoms with Gasteiger partial charge in [0.15, 0.2) is 0 Å². The smallest absolute Gasteiger partial charge is 0.251 e. The van der Waals surface area contributed by atoms with Crippen molar-refractivity contribution in [2.75, 3.05) is 0 Å². The minimum absolute atomic E-state index is 0.0595. The number of carbonyl (C=O) groups excluding carboxylic acids is 1. The Hall–Kier alpha value is -3.34. The highest BCUT2D eigenvalue weighted by Gasteiger charge is 2.10. The Morgan fingerprint density at radius 3 is 2.63 bits per heavy atom. The van der Waals surface area contributed by atoms with Crippen LogP contribution in [0.3, 0.4) is 0 Å². The van der Waals surface area contributed by atoms with E-state index in [0.717, 1.165) is 28.7 Å². The molecule has 2 heterocycles. The maximum absolute atomic E-state index is 12.5. The molecule has 0 aliphatic rings. The van der Waals surface area contributed by atoms with Crippen LogP contribution in [0.15, 0.2) is 60.9 Å². The van der Waals surface area contributed by atoms with E-state index in [1.54, 1.807) is 6.20 Å². The molecule has 4 aromatic rings. The second-order valence-corrected chi connectivity index (χ2v) is 6.84. The molecule has 136 valence electrons. The zero-order valence-electron chi connectivity index (χ0n) is 15.5. The van der Waals surface area contributed by atoms with Crippen molar-refractivity contribution in [1.29, 1.82) is 0 Å². The number of carbonyl (C=O) groups is 1. The maximum atomic E-state index is 12.5. The van der Waals surface area contributed by atoms with Crippen LogP contribution < -0.4 is 5.32 Å². The highest BCUT2D eigenvalue weighted by atomic mass is 16.1. The summed E-state index contributed by atoms with van der Waals surface area (Å²) in [5, 5.41) is 8.32. The summed E-state index contributed by atoms with van der Waals surface area (Å²) in [6, 6.07) is 15.9. The van der Waals surface area contributed by atoms with Crippen LogP contribution in [0.5, 0.6) is 0 Å². The summed E-state index contributed by atoms with van der Waals surface area (Å²) in [6.45, 7) is 5.37. The molecule has 1 amide bonds. The number of nitrogens with one attached hydrogen (secondary N) is 2. The van der Waals surface area contributed by atoms with Crippen molar-refractivity contribution in [3.8, 4) is 0 Å². The number of nitrogens with zero attached hydrogens (tertiary/aromatic N) is 2. The van der Waals surface area contributed by atoms with Crippen molar-refractivity contribution in [1.82, 2.24) is 20.1 Å². The number of fused-ring (bicyclic) bond motifs is 1. The first kappa shape index (κ1) is 17.1. The summed E-state index contributed by atoms with van der Waals surface area (Å²) in [5.74, 6) is -0.0595. The van der Waals surface area contributed by atoms with E-state index in [4.69, 9.17) is 0 Å². The summed E-state index contributed by atoms with van der Waals surface area (Å²) in [7, 11) is 0. The molecule has 5 nitrogen and oxygen atoms in total. The molecule has 4 rings (SSSR count). The van der Waals surface area contributed by atoms with E-state index >= 15 is 0 Å². The van der Waals surface area contributed by atoms with E-state index in [0.29, 0.717) is 12.1 Å². The van der Waals surface area contributed by atoms with Gasteiger partial charge in [-0.15, -0.1) is 0 Å². The predicted molar refractivity (Wildman–Crippen MR) is 107 cm³/mol. The molecule has 0 radical (unpaired) electrons. The number of aromatic nitrogens is 3. The second kappa shape index (κ2) is 7.11.